The van der Waals surface area contributed by atoms with Gasteiger partial charge in [0, 0.05) is 6.42 Å². The van der Waals surface area contributed by atoms with Crippen molar-refractivity contribution < 1.29 is 19.4 Å². The topological polar surface area (TPSA) is 55.8 Å². The monoisotopic (exact) mass is 308 g/mol. The van der Waals surface area contributed by atoms with E-state index in [2.05, 4.69) is 13.8 Å². The fraction of sp³-hybridized carbons (Fsp3) is 0.611. The molecule has 1 atom stereocenters. The van der Waals surface area contributed by atoms with Gasteiger partial charge in [0.2, 0.25) is 0 Å². The molecule has 0 amide bonds. The molecule has 22 heavy (non-hydrogen) atoms. The number of esters is 1. The summed E-state index contributed by atoms with van der Waals surface area (Å²) in [4.78, 5) is 11.7. The van der Waals surface area contributed by atoms with Gasteiger partial charge in [0.1, 0.15) is 6.61 Å². The van der Waals surface area contributed by atoms with Crippen molar-refractivity contribution in [2.45, 2.75) is 59.0 Å². The van der Waals surface area contributed by atoms with Gasteiger partial charge in [0.25, 0.3) is 0 Å². The Bertz CT molecular complexity index is 456. The van der Waals surface area contributed by atoms with Gasteiger partial charge in [-0.2, -0.15) is 0 Å². The first kappa shape index (κ1) is 18.3. The van der Waals surface area contributed by atoms with Crippen LogP contribution in [0.5, 0.6) is 11.5 Å². The summed E-state index contributed by atoms with van der Waals surface area (Å²) in [6.07, 6.45) is 6.06. The molecule has 1 rings (SSSR count). The van der Waals surface area contributed by atoms with E-state index in [-0.39, 0.29) is 18.3 Å². The van der Waals surface area contributed by atoms with Gasteiger partial charge < -0.3 is 14.6 Å². The lowest BCUT2D eigenvalue weighted by Crippen LogP contribution is -2.04. The van der Waals surface area contributed by atoms with E-state index in [1.54, 1.807) is 12.1 Å². The number of aromatic hydroxyl groups is 1. The average molecular weight is 308 g/mol. The van der Waals surface area contributed by atoms with E-state index in [0.717, 1.165) is 24.3 Å². The van der Waals surface area contributed by atoms with Crippen molar-refractivity contribution in [1.82, 2.24) is 0 Å². The van der Waals surface area contributed by atoms with Crippen LogP contribution in [-0.2, 0) is 16.1 Å². The zero-order chi connectivity index (χ0) is 16.4. The molecule has 1 N–H and O–H groups in total. The Hall–Kier alpha value is -1.71. The molecule has 0 spiro atoms. The Morgan fingerprint density at radius 3 is 2.73 bits per heavy atom. The lowest BCUT2D eigenvalue weighted by Gasteiger charge is -2.09. The van der Waals surface area contributed by atoms with Crippen LogP contribution < -0.4 is 4.74 Å². The van der Waals surface area contributed by atoms with E-state index in [9.17, 15) is 9.90 Å². The van der Waals surface area contributed by atoms with E-state index in [1.165, 1.54) is 32.4 Å². The number of benzene rings is 1. The maximum Gasteiger partial charge on any atom is 0.306 e. The summed E-state index contributed by atoms with van der Waals surface area (Å²) in [7, 11) is 1.49. The van der Waals surface area contributed by atoms with Crippen LogP contribution in [0.15, 0.2) is 18.2 Å². The van der Waals surface area contributed by atoms with E-state index in [4.69, 9.17) is 9.47 Å². The molecule has 1 unspecified atom stereocenters. The molecule has 0 aliphatic heterocycles. The molecule has 1 aromatic rings. The van der Waals surface area contributed by atoms with Crippen LogP contribution in [0, 0.1) is 5.92 Å². The highest BCUT2D eigenvalue weighted by molar-refractivity contribution is 5.69. The molecule has 0 aromatic heterocycles. The first-order valence-corrected chi connectivity index (χ1v) is 8.08. The van der Waals surface area contributed by atoms with Crippen LogP contribution in [0.1, 0.15) is 57.9 Å². The van der Waals surface area contributed by atoms with Gasteiger partial charge in [-0.1, -0.05) is 45.6 Å². The van der Waals surface area contributed by atoms with Crippen molar-refractivity contribution in [3.63, 3.8) is 0 Å². The molecular weight excluding hydrogens is 280 g/mol. The Kier molecular flexibility index (Phi) is 8.41. The summed E-state index contributed by atoms with van der Waals surface area (Å²) in [5, 5.41) is 9.50. The van der Waals surface area contributed by atoms with Gasteiger partial charge in [-0.05, 0) is 30.0 Å². The van der Waals surface area contributed by atoms with Crippen molar-refractivity contribution in [2.75, 3.05) is 7.11 Å². The Balaban J connectivity index is 2.20. The lowest BCUT2D eigenvalue weighted by atomic mass is 10.0. The number of unbranched alkanes of at least 4 members (excludes halogenated alkanes) is 2. The Morgan fingerprint density at radius 1 is 1.27 bits per heavy atom. The minimum atomic E-state index is -0.171. The minimum Gasteiger partial charge on any atom is -0.504 e. The number of methoxy groups -OCH3 is 1. The molecule has 0 aliphatic rings. The third kappa shape index (κ3) is 6.83. The normalized spacial score (nSPS) is 12.0. The van der Waals surface area contributed by atoms with Gasteiger partial charge in [-0.15, -0.1) is 0 Å². The van der Waals surface area contributed by atoms with Crippen LogP contribution in [-0.4, -0.2) is 18.2 Å². The fourth-order valence-corrected chi connectivity index (χ4v) is 2.19. The first-order chi connectivity index (χ1) is 10.6. The summed E-state index contributed by atoms with van der Waals surface area (Å²) < 4.78 is 10.3. The number of ether oxygens (including phenoxy) is 2. The van der Waals surface area contributed by atoms with Crippen molar-refractivity contribution in [3.05, 3.63) is 23.8 Å². The molecule has 4 nitrogen and oxygen atoms in total. The Morgan fingerprint density at radius 2 is 2.05 bits per heavy atom. The molecule has 0 fully saturated rings. The van der Waals surface area contributed by atoms with Crippen LogP contribution in [0.25, 0.3) is 0 Å². The first-order valence-electron chi connectivity index (χ1n) is 8.08. The second-order valence-corrected chi connectivity index (χ2v) is 5.78. The molecule has 0 saturated heterocycles. The average Bonchev–Trinajstić information content (AvgIpc) is 2.53. The van der Waals surface area contributed by atoms with Gasteiger partial charge in [-0.25, -0.2) is 0 Å². The van der Waals surface area contributed by atoms with E-state index < -0.39 is 0 Å². The largest absolute Gasteiger partial charge is 0.504 e. The molecule has 0 heterocycles. The number of hydrogen-bond acceptors (Lipinski definition) is 4. The maximum atomic E-state index is 11.7. The van der Waals surface area contributed by atoms with Crippen molar-refractivity contribution in [1.29, 1.82) is 0 Å². The molecule has 0 bridgehead atoms. The molecule has 124 valence electrons. The van der Waals surface area contributed by atoms with E-state index in [0.29, 0.717) is 12.2 Å². The molecule has 4 heteroatoms. The highest BCUT2D eigenvalue weighted by atomic mass is 16.5. The summed E-state index contributed by atoms with van der Waals surface area (Å²) in [5.41, 5.74) is 0.805. The lowest BCUT2D eigenvalue weighted by molar-refractivity contribution is -0.145. The quantitative estimate of drug-likeness (QED) is 0.513. The summed E-state index contributed by atoms with van der Waals surface area (Å²) in [6.45, 7) is 4.68. The number of phenols is 1. The predicted octanol–water partition coefficient (Wildman–Crippen LogP) is 4.44. The molecular formula is C18H28O4. The molecule has 0 aliphatic carbocycles. The SMILES string of the molecule is CCC(C)CCCCCC(=O)OCc1ccc(O)c(OC)c1. The van der Waals surface area contributed by atoms with Crippen LogP contribution >= 0.6 is 0 Å². The second kappa shape index (κ2) is 10.1. The zero-order valence-electron chi connectivity index (χ0n) is 13.9. The Labute approximate surface area is 133 Å². The summed E-state index contributed by atoms with van der Waals surface area (Å²) >= 11 is 0. The number of carbonyl (C=O) groups excluding carboxylic acids is 1. The number of carbonyl (C=O) groups is 1. The fourth-order valence-electron chi connectivity index (χ4n) is 2.19. The van der Waals surface area contributed by atoms with Crippen LogP contribution in [0.2, 0.25) is 0 Å². The zero-order valence-corrected chi connectivity index (χ0v) is 13.9. The van der Waals surface area contributed by atoms with Crippen molar-refractivity contribution in [2.24, 2.45) is 5.92 Å². The predicted molar refractivity (Wildman–Crippen MR) is 87.0 cm³/mol. The molecule has 0 radical (unpaired) electrons. The number of hydrogen-bond donors (Lipinski definition) is 1. The van der Waals surface area contributed by atoms with Gasteiger partial charge in [-0.3, -0.25) is 4.79 Å². The standard InChI is InChI=1S/C18H28O4/c1-4-14(2)8-6-5-7-9-18(20)22-13-15-10-11-16(19)17(12-15)21-3/h10-12,14,19H,4-9,13H2,1-3H3. The number of phenolic OH excluding ortho intramolecular Hbond substituents is 1. The minimum absolute atomic E-state index is 0.0823. The highest BCUT2D eigenvalue weighted by Crippen LogP contribution is 2.26. The van der Waals surface area contributed by atoms with E-state index in [1.807, 2.05) is 0 Å². The van der Waals surface area contributed by atoms with Gasteiger partial charge in [0.05, 0.1) is 7.11 Å². The van der Waals surface area contributed by atoms with E-state index >= 15 is 0 Å². The molecule has 0 saturated carbocycles. The maximum absolute atomic E-state index is 11.7. The summed E-state index contributed by atoms with van der Waals surface area (Å²) in [5.74, 6) is 1.07. The summed E-state index contributed by atoms with van der Waals surface area (Å²) in [6, 6.07) is 4.93. The second-order valence-electron chi connectivity index (χ2n) is 5.78. The van der Waals surface area contributed by atoms with Crippen molar-refractivity contribution >= 4 is 5.97 Å². The number of rotatable bonds is 10. The van der Waals surface area contributed by atoms with Crippen molar-refractivity contribution in [3.8, 4) is 11.5 Å². The molecule has 1 aromatic carbocycles. The van der Waals surface area contributed by atoms with Crippen LogP contribution in [0.4, 0.5) is 0 Å². The highest BCUT2D eigenvalue weighted by Gasteiger charge is 2.07. The smallest absolute Gasteiger partial charge is 0.306 e. The van der Waals surface area contributed by atoms with Crippen LogP contribution in [0.3, 0.4) is 0 Å². The third-order valence-corrected chi connectivity index (χ3v) is 3.92. The third-order valence-electron chi connectivity index (χ3n) is 3.92. The van der Waals surface area contributed by atoms with Gasteiger partial charge in [0.15, 0.2) is 11.5 Å². The van der Waals surface area contributed by atoms with Gasteiger partial charge >= 0.3 is 5.97 Å².